The van der Waals surface area contributed by atoms with E-state index in [9.17, 15) is 10.4 Å². The molecule has 4 nitrogen and oxygen atoms in total. The van der Waals surface area contributed by atoms with Crippen LogP contribution in [0.25, 0.3) is 0 Å². The van der Waals surface area contributed by atoms with E-state index in [1.807, 2.05) is 30.3 Å². The molecule has 23 heavy (non-hydrogen) atoms. The van der Waals surface area contributed by atoms with Crippen LogP contribution in [0.5, 0.6) is 11.5 Å². The molecule has 118 valence electrons. The first-order valence-corrected chi connectivity index (χ1v) is 7.78. The second kappa shape index (κ2) is 6.72. The van der Waals surface area contributed by atoms with E-state index in [0.717, 1.165) is 31.6 Å². The summed E-state index contributed by atoms with van der Waals surface area (Å²) in [4.78, 5) is 2.37. The number of hydrogen-bond acceptors (Lipinski definition) is 4. The highest BCUT2D eigenvalue weighted by Crippen LogP contribution is 2.30. The summed E-state index contributed by atoms with van der Waals surface area (Å²) in [6.45, 7) is 2.73. The van der Waals surface area contributed by atoms with Gasteiger partial charge in [-0.1, -0.05) is 24.3 Å². The number of methoxy groups -OCH3 is 1. The van der Waals surface area contributed by atoms with Crippen molar-refractivity contribution in [3.8, 4) is 17.6 Å². The summed E-state index contributed by atoms with van der Waals surface area (Å²) < 4.78 is 5.28. The first kappa shape index (κ1) is 15.4. The molecule has 1 heterocycles. The fourth-order valence-electron chi connectivity index (χ4n) is 3.24. The molecule has 0 amide bonds. The predicted molar refractivity (Wildman–Crippen MR) is 88.5 cm³/mol. The molecule has 4 heteroatoms. The van der Waals surface area contributed by atoms with Gasteiger partial charge in [0, 0.05) is 13.1 Å². The molecule has 0 radical (unpaired) electrons. The van der Waals surface area contributed by atoms with Crippen molar-refractivity contribution in [3.05, 3.63) is 59.2 Å². The Labute approximate surface area is 136 Å². The minimum absolute atomic E-state index is 0.304. The van der Waals surface area contributed by atoms with E-state index in [1.54, 1.807) is 19.2 Å². The van der Waals surface area contributed by atoms with E-state index in [2.05, 4.69) is 11.0 Å². The molecule has 1 atom stereocenters. The van der Waals surface area contributed by atoms with Gasteiger partial charge in [0.05, 0.1) is 12.7 Å². The van der Waals surface area contributed by atoms with Gasteiger partial charge >= 0.3 is 0 Å². The van der Waals surface area contributed by atoms with Gasteiger partial charge < -0.3 is 9.84 Å². The Morgan fingerprint density at radius 1 is 1.26 bits per heavy atom. The van der Waals surface area contributed by atoms with Gasteiger partial charge in [-0.05, 0) is 48.2 Å². The van der Waals surface area contributed by atoms with Gasteiger partial charge in [-0.3, -0.25) is 4.90 Å². The highest BCUT2D eigenvalue weighted by atomic mass is 16.5. The highest BCUT2D eigenvalue weighted by Gasteiger charge is 2.24. The number of nitriles is 1. The number of rotatable bonds is 4. The van der Waals surface area contributed by atoms with Crippen LogP contribution >= 0.6 is 0 Å². The lowest BCUT2D eigenvalue weighted by atomic mass is 9.98. The quantitative estimate of drug-likeness (QED) is 0.942. The molecule has 1 aliphatic heterocycles. The minimum Gasteiger partial charge on any atom is -0.508 e. The predicted octanol–water partition coefficient (Wildman–Crippen LogP) is 3.26. The molecule has 2 aromatic carbocycles. The highest BCUT2D eigenvalue weighted by molar-refractivity contribution is 5.48. The molecule has 0 saturated carbocycles. The van der Waals surface area contributed by atoms with Crippen LogP contribution in [-0.2, 0) is 6.54 Å². The Hall–Kier alpha value is -2.51. The third-order valence-corrected chi connectivity index (χ3v) is 4.48. The summed E-state index contributed by atoms with van der Waals surface area (Å²) in [5, 5.41) is 18.8. The average Bonchev–Trinajstić information content (AvgIpc) is 3.03. The van der Waals surface area contributed by atoms with Crippen molar-refractivity contribution in [1.29, 1.82) is 5.26 Å². The van der Waals surface area contributed by atoms with Crippen molar-refractivity contribution in [3.63, 3.8) is 0 Å². The third kappa shape index (κ3) is 3.30. The summed E-state index contributed by atoms with van der Waals surface area (Å²) in [6, 6.07) is 15.5. The van der Waals surface area contributed by atoms with Gasteiger partial charge in [-0.2, -0.15) is 5.26 Å². The molecule has 0 aromatic heterocycles. The van der Waals surface area contributed by atoms with E-state index >= 15 is 0 Å². The Morgan fingerprint density at radius 2 is 2.04 bits per heavy atom. The SMILES string of the molecule is COc1cccc(CN2CCC(c3ccc(O)cc3)C2)c1C#N. The van der Waals surface area contributed by atoms with Crippen LogP contribution in [0, 0.1) is 11.3 Å². The molecule has 1 aliphatic rings. The van der Waals surface area contributed by atoms with Crippen LogP contribution in [0.3, 0.4) is 0 Å². The Kier molecular flexibility index (Phi) is 4.50. The van der Waals surface area contributed by atoms with Crippen molar-refractivity contribution in [2.24, 2.45) is 0 Å². The van der Waals surface area contributed by atoms with E-state index in [-0.39, 0.29) is 0 Å². The molecule has 2 aromatic rings. The second-order valence-electron chi connectivity index (χ2n) is 5.92. The smallest absolute Gasteiger partial charge is 0.136 e. The number of likely N-dealkylation sites (tertiary alicyclic amines) is 1. The zero-order valence-electron chi connectivity index (χ0n) is 13.2. The monoisotopic (exact) mass is 308 g/mol. The molecule has 0 spiro atoms. The standard InChI is InChI=1S/C19H20N2O2/c1-23-19-4-2-3-16(18(19)11-20)13-21-10-9-15(12-21)14-5-7-17(22)8-6-14/h2-8,15,22H,9-10,12-13H2,1H3. The normalized spacial score (nSPS) is 17.8. The van der Waals surface area contributed by atoms with E-state index < -0.39 is 0 Å². The van der Waals surface area contributed by atoms with Crippen LogP contribution in [0.4, 0.5) is 0 Å². The summed E-state index contributed by atoms with van der Waals surface area (Å²) in [5.41, 5.74) is 2.90. The van der Waals surface area contributed by atoms with Gasteiger partial charge in [0.2, 0.25) is 0 Å². The van der Waals surface area contributed by atoms with Crippen molar-refractivity contribution >= 4 is 0 Å². The minimum atomic E-state index is 0.304. The molecule has 1 N–H and O–H groups in total. The number of phenolic OH excluding ortho intramolecular Hbond substituents is 1. The summed E-state index contributed by atoms with van der Waals surface area (Å²) in [5.74, 6) is 1.42. The first-order chi connectivity index (χ1) is 11.2. The average molecular weight is 308 g/mol. The maximum atomic E-state index is 9.40. The Balaban J connectivity index is 1.71. The molecular weight excluding hydrogens is 288 g/mol. The second-order valence-corrected chi connectivity index (χ2v) is 5.92. The Bertz CT molecular complexity index is 719. The topological polar surface area (TPSA) is 56.5 Å². The molecule has 3 rings (SSSR count). The first-order valence-electron chi connectivity index (χ1n) is 7.78. The molecule has 0 bridgehead atoms. The fourth-order valence-corrected chi connectivity index (χ4v) is 3.24. The molecule has 1 saturated heterocycles. The number of hydrogen-bond donors (Lipinski definition) is 1. The lowest BCUT2D eigenvalue weighted by Gasteiger charge is -2.18. The van der Waals surface area contributed by atoms with Crippen molar-refractivity contribution in [2.75, 3.05) is 20.2 Å². The van der Waals surface area contributed by atoms with Crippen molar-refractivity contribution in [2.45, 2.75) is 18.9 Å². The summed E-state index contributed by atoms with van der Waals surface area (Å²) >= 11 is 0. The largest absolute Gasteiger partial charge is 0.508 e. The number of aromatic hydroxyl groups is 1. The fraction of sp³-hybridized carbons (Fsp3) is 0.316. The Morgan fingerprint density at radius 3 is 2.74 bits per heavy atom. The van der Waals surface area contributed by atoms with E-state index in [4.69, 9.17) is 4.74 Å². The number of phenols is 1. The number of nitrogens with zero attached hydrogens (tertiary/aromatic N) is 2. The van der Waals surface area contributed by atoms with Crippen LogP contribution in [0.15, 0.2) is 42.5 Å². The molecule has 1 unspecified atom stereocenters. The van der Waals surface area contributed by atoms with Gasteiger partial charge in [0.15, 0.2) is 0 Å². The number of ether oxygens (including phenoxy) is 1. The molecular formula is C19H20N2O2. The number of benzene rings is 2. The van der Waals surface area contributed by atoms with Gasteiger partial charge in [-0.25, -0.2) is 0 Å². The van der Waals surface area contributed by atoms with Crippen molar-refractivity contribution < 1.29 is 9.84 Å². The van der Waals surface area contributed by atoms with Crippen LogP contribution in [-0.4, -0.2) is 30.2 Å². The summed E-state index contributed by atoms with van der Waals surface area (Å²) in [6.07, 6.45) is 1.09. The maximum Gasteiger partial charge on any atom is 0.136 e. The van der Waals surface area contributed by atoms with Gasteiger partial charge in [0.1, 0.15) is 17.6 Å². The third-order valence-electron chi connectivity index (χ3n) is 4.48. The van der Waals surface area contributed by atoms with Gasteiger partial charge in [0.25, 0.3) is 0 Å². The zero-order valence-corrected chi connectivity index (χ0v) is 13.2. The van der Waals surface area contributed by atoms with E-state index in [0.29, 0.717) is 23.0 Å². The van der Waals surface area contributed by atoms with Crippen LogP contribution in [0.2, 0.25) is 0 Å². The summed E-state index contributed by atoms with van der Waals surface area (Å²) in [7, 11) is 1.59. The van der Waals surface area contributed by atoms with Crippen molar-refractivity contribution in [1.82, 2.24) is 4.90 Å². The lowest BCUT2D eigenvalue weighted by molar-refractivity contribution is 0.325. The van der Waals surface area contributed by atoms with E-state index in [1.165, 1.54) is 5.56 Å². The maximum absolute atomic E-state index is 9.40. The zero-order chi connectivity index (χ0) is 16.2. The molecule has 0 aliphatic carbocycles. The molecule has 1 fully saturated rings. The van der Waals surface area contributed by atoms with Crippen LogP contribution < -0.4 is 4.74 Å². The van der Waals surface area contributed by atoms with Crippen LogP contribution in [0.1, 0.15) is 29.0 Å². The van der Waals surface area contributed by atoms with Gasteiger partial charge in [-0.15, -0.1) is 0 Å². The lowest BCUT2D eigenvalue weighted by Crippen LogP contribution is -2.20.